The van der Waals surface area contributed by atoms with Crippen LogP contribution in [0.2, 0.25) is 0 Å². The van der Waals surface area contributed by atoms with Crippen molar-refractivity contribution in [3.63, 3.8) is 0 Å². The van der Waals surface area contributed by atoms with Crippen LogP contribution in [0.4, 0.5) is 0 Å². The zero-order valence-corrected chi connectivity index (χ0v) is 11.9. The number of aldehydes is 1. The topological polar surface area (TPSA) is 76.1 Å². The maximum atomic E-state index is 12.3. The summed E-state index contributed by atoms with van der Waals surface area (Å²) in [5, 5.41) is 9.82. The van der Waals surface area contributed by atoms with Gasteiger partial charge in [0.2, 0.25) is 0 Å². The number of nitrogens with zero attached hydrogens (tertiary/aromatic N) is 1. The Morgan fingerprint density at radius 2 is 2.00 bits per heavy atom. The van der Waals surface area contributed by atoms with Gasteiger partial charge in [0.15, 0.2) is 13.1 Å². The number of phenols is 1. The van der Waals surface area contributed by atoms with Crippen molar-refractivity contribution in [3.8, 4) is 11.5 Å². The van der Waals surface area contributed by atoms with E-state index < -0.39 is 0 Å². The van der Waals surface area contributed by atoms with Gasteiger partial charge in [0.1, 0.15) is 11.5 Å². The second-order valence-corrected chi connectivity index (χ2v) is 4.05. The van der Waals surface area contributed by atoms with Crippen molar-refractivity contribution in [2.45, 2.75) is 13.8 Å². The average molecular weight is 281 g/mol. The van der Waals surface area contributed by atoms with Crippen LogP contribution in [-0.2, 0) is 4.74 Å². The van der Waals surface area contributed by atoms with E-state index in [-0.39, 0.29) is 35.3 Å². The molecule has 0 aliphatic carbocycles. The van der Waals surface area contributed by atoms with E-state index >= 15 is 0 Å². The zero-order valence-electron chi connectivity index (χ0n) is 11.9. The fraction of sp³-hybridized carbons (Fsp3) is 0.429. The number of ether oxygens (including phenoxy) is 2. The summed E-state index contributed by atoms with van der Waals surface area (Å²) >= 11 is 0. The third-order valence-electron chi connectivity index (χ3n) is 2.87. The predicted octanol–water partition coefficient (Wildman–Crippen LogP) is 1.67. The summed E-state index contributed by atoms with van der Waals surface area (Å²) in [7, 11) is 1.46. The second-order valence-electron chi connectivity index (χ2n) is 4.05. The molecular formula is C14H19NO5. The molecule has 0 aliphatic heterocycles. The van der Waals surface area contributed by atoms with E-state index in [9.17, 15) is 14.7 Å². The Balaban J connectivity index is 3.23. The van der Waals surface area contributed by atoms with Crippen LogP contribution in [0.15, 0.2) is 12.1 Å². The van der Waals surface area contributed by atoms with E-state index in [1.807, 2.05) is 13.8 Å². The van der Waals surface area contributed by atoms with Crippen LogP contribution in [0.3, 0.4) is 0 Å². The lowest BCUT2D eigenvalue weighted by molar-refractivity contribution is 0.0507. The minimum absolute atomic E-state index is 0.0151. The number of methoxy groups -OCH3 is 1. The van der Waals surface area contributed by atoms with Crippen molar-refractivity contribution in [3.05, 3.63) is 23.3 Å². The van der Waals surface area contributed by atoms with Gasteiger partial charge in [-0.25, -0.2) is 0 Å². The van der Waals surface area contributed by atoms with Crippen LogP contribution in [0.5, 0.6) is 11.5 Å². The molecule has 1 amide bonds. The average Bonchev–Trinajstić information content (AvgIpc) is 2.45. The van der Waals surface area contributed by atoms with Gasteiger partial charge in [-0.1, -0.05) is 0 Å². The summed E-state index contributed by atoms with van der Waals surface area (Å²) in [4.78, 5) is 25.0. The first kappa shape index (κ1) is 16.0. The minimum atomic E-state index is -0.324. The van der Waals surface area contributed by atoms with Gasteiger partial charge in [-0.2, -0.15) is 0 Å². The lowest BCUT2D eigenvalue weighted by Crippen LogP contribution is -2.31. The highest BCUT2D eigenvalue weighted by atomic mass is 16.7. The Hall–Kier alpha value is -2.08. The number of carbonyl (C=O) groups is 2. The van der Waals surface area contributed by atoms with Gasteiger partial charge in [0.25, 0.3) is 5.91 Å². The summed E-state index contributed by atoms with van der Waals surface area (Å²) in [6.45, 7) is 4.69. The van der Waals surface area contributed by atoms with Crippen molar-refractivity contribution >= 4 is 12.2 Å². The molecule has 0 unspecified atom stereocenters. The summed E-state index contributed by atoms with van der Waals surface area (Å²) in [5.41, 5.74) is 0.0847. The van der Waals surface area contributed by atoms with E-state index in [0.717, 1.165) is 0 Å². The molecule has 6 heteroatoms. The number of hydrogen-bond donors (Lipinski definition) is 1. The van der Waals surface area contributed by atoms with Crippen molar-refractivity contribution in [1.82, 2.24) is 4.90 Å². The Morgan fingerprint density at radius 3 is 2.50 bits per heavy atom. The molecule has 0 heterocycles. The molecule has 0 atom stereocenters. The van der Waals surface area contributed by atoms with Gasteiger partial charge in [-0.05, 0) is 19.9 Å². The predicted molar refractivity (Wildman–Crippen MR) is 73.2 cm³/mol. The molecule has 0 saturated heterocycles. The molecule has 0 bridgehead atoms. The molecule has 0 radical (unpaired) electrons. The van der Waals surface area contributed by atoms with E-state index in [1.165, 1.54) is 19.2 Å². The molecule has 1 rings (SSSR count). The van der Waals surface area contributed by atoms with Gasteiger partial charge in [-0.3, -0.25) is 9.59 Å². The molecule has 0 saturated carbocycles. The molecule has 0 aromatic heterocycles. The number of aromatic hydroxyl groups is 1. The Kier molecular flexibility index (Phi) is 5.99. The monoisotopic (exact) mass is 281 g/mol. The van der Waals surface area contributed by atoms with E-state index in [0.29, 0.717) is 19.4 Å². The number of benzene rings is 1. The highest BCUT2D eigenvalue weighted by molar-refractivity contribution is 6.03. The molecule has 1 aromatic carbocycles. The molecule has 0 spiro atoms. The van der Waals surface area contributed by atoms with Crippen LogP contribution in [-0.4, -0.2) is 49.2 Å². The van der Waals surface area contributed by atoms with Crippen LogP contribution in [0.25, 0.3) is 0 Å². The Morgan fingerprint density at radius 1 is 1.35 bits per heavy atom. The summed E-state index contributed by atoms with van der Waals surface area (Å²) in [5.74, 6) is -0.343. The van der Waals surface area contributed by atoms with E-state index in [4.69, 9.17) is 9.47 Å². The summed E-state index contributed by atoms with van der Waals surface area (Å²) in [6.07, 6.45) is 0.464. The fourth-order valence-corrected chi connectivity index (χ4v) is 1.80. The van der Waals surface area contributed by atoms with Gasteiger partial charge >= 0.3 is 0 Å². The number of rotatable bonds is 7. The Labute approximate surface area is 117 Å². The van der Waals surface area contributed by atoms with Crippen LogP contribution < -0.4 is 4.74 Å². The van der Waals surface area contributed by atoms with Crippen LogP contribution >= 0.6 is 0 Å². The van der Waals surface area contributed by atoms with Crippen LogP contribution in [0.1, 0.15) is 34.6 Å². The van der Waals surface area contributed by atoms with E-state index in [1.54, 1.807) is 4.90 Å². The number of phenolic OH excluding ortho intramolecular Hbond substituents is 1. The fourth-order valence-electron chi connectivity index (χ4n) is 1.80. The van der Waals surface area contributed by atoms with Crippen molar-refractivity contribution < 1.29 is 24.2 Å². The quantitative estimate of drug-likeness (QED) is 0.607. The van der Waals surface area contributed by atoms with Gasteiger partial charge in [0.05, 0.1) is 11.1 Å². The minimum Gasteiger partial charge on any atom is -0.507 e. The third-order valence-corrected chi connectivity index (χ3v) is 2.87. The molecule has 1 aromatic rings. The highest BCUT2D eigenvalue weighted by Crippen LogP contribution is 2.27. The van der Waals surface area contributed by atoms with Crippen LogP contribution in [0, 0.1) is 0 Å². The molecule has 0 aliphatic rings. The van der Waals surface area contributed by atoms with Gasteiger partial charge in [-0.15, -0.1) is 0 Å². The lowest BCUT2D eigenvalue weighted by atomic mass is 10.1. The first-order valence-corrected chi connectivity index (χ1v) is 6.32. The first-order chi connectivity index (χ1) is 9.58. The van der Waals surface area contributed by atoms with Crippen molar-refractivity contribution in [1.29, 1.82) is 0 Å². The SMILES string of the molecule is CCN(CC)C(=O)c1cc(OCOC)cc(O)c1C=O. The third kappa shape index (κ3) is 3.48. The summed E-state index contributed by atoms with van der Waals surface area (Å²) < 4.78 is 9.97. The summed E-state index contributed by atoms with van der Waals surface area (Å²) in [6, 6.07) is 2.71. The highest BCUT2D eigenvalue weighted by Gasteiger charge is 2.20. The van der Waals surface area contributed by atoms with Crippen molar-refractivity contribution in [2.24, 2.45) is 0 Å². The van der Waals surface area contributed by atoms with Gasteiger partial charge < -0.3 is 19.5 Å². The molecule has 1 N–H and O–H groups in total. The number of carbonyl (C=O) groups excluding carboxylic acids is 2. The normalized spacial score (nSPS) is 10.2. The molecule has 0 fully saturated rings. The zero-order chi connectivity index (χ0) is 15.1. The molecule has 20 heavy (non-hydrogen) atoms. The standard InChI is InChI=1S/C14H19NO5/c1-4-15(5-2)14(18)11-6-10(20-9-19-3)7-13(17)12(11)8-16/h6-8,17H,4-5,9H2,1-3H3. The first-order valence-electron chi connectivity index (χ1n) is 6.32. The largest absolute Gasteiger partial charge is 0.507 e. The number of hydrogen-bond acceptors (Lipinski definition) is 5. The maximum absolute atomic E-state index is 12.3. The number of amides is 1. The molecular weight excluding hydrogens is 262 g/mol. The smallest absolute Gasteiger partial charge is 0.254 e. The molecule has 6 nitrogen and oxygen atoms in total. The lowest BCUT2D eigenvalue weighted by Gasteiger charge is -2.20. The van der Waals surface area contributed by atoms with E-state index in [2.05, 4.69) is 0 Å². The van der Waals surface area contributed by atoms with Gasteiger partial charge in [0, 0.05) is 26.3 Å². The maximum Gasteiger partial charge on any atom is 0.254 e. The Bertz CT molecular complexity index is 483. The second kappa shape index (κ2) is 7.49. The van der Waals surface area contributed by atoms with Crippen molar-refractivity contribution in [2.75, 3.05) is 27.0 Å². The molecule has 110 valence electrons.